The molecule has 0 spiro atoms. The maximum Gasteiger partial charge on any atom is 0.230 e. The summed E-state index contributed by atoms with van der Waals surface area (Å²) >= 11 is 3.04. The summed E-state index contributed by atoms with van der Waals surface area (Å²) in [6.45, 7) is 1.68. The molecule has 0 fully saturated rings. The number of hydrogen-bond acceptors (Lipinski definition) is 4. The van der Waals surface area contributed by atoms with Crippen molar-refractivity contribution in [1.82, 2.24) is 4.98 Å². The van der Waals surface area contributed by atoms with Crippen molar-refractivity contribution in [3.8, 4) is 11.6 Å². The van der Waals surface area contributed by atoms with Gasteiger partial charge in [0, 0.05) is 10.7 Å². The molecular weight excluding hydrogens is 348 g/mol. The maximum atomic E-state index is 13.7. The molecule has 5 nitrogen and oxygen atoms in total. The molecule has 0 saturated carbocycles. The molecule has 0 aliphatic rings. The van der Waals surface area contributed by atoms with E-state index in [2.05, 4.69) is 26.1 Å². The summed E-state index contributed by atoms with van der Waals surface area (Å²) in [5.74, 6) is -2.94. The Bertz CT molecular complexity index is 723. The van der Waals surface area contributed by atoms with Crippen LogP contribution in [0.4, 0.5) is 8.78 Å². The average Bonchev–Trinajstić information content (AvgIpc) is 2.43. The van der Waals surface area contributed by atoms with Gasteiger partial charge in [-0.25, -0.2) is 9.37 Å². The van der Waals surface area contributed by atoms with Crippen molar-refractivity contribution in [3.63, 3.8) is 0 Å². The number of hydrogen-bond donors (Lipinski definition) is 2. The van der Waals surface area contributed by atoms with Crippen LogP contribution in [0.3, 0.4) is 0 Å². The highest BCUT2D eigenvalue weighted by Gasteiger charge is 2.18. The number of oxime groups is 1. The highest BCUT2D eigenvalue weighted by atomic mass is 79.9. The molecule has 1 aromatic carbocycles. The zero-order valence-corrected chi connectivity index (χ0v) is 12.4. The molecule has 0 aliphatic heterocycles. The van der Waals surface area contributed by atoms with E-state index in [0.29, 0.717) is 10.0 Å². The number of nitrogens with two attached hydrogens (primary N) is 1. The fraction of sp³-hybridized carbons (Fsp3) is 0.0769. The summed E-state index contributed by atoms with van der Waals surface area (Å²) in [5, 5.41) is 11.7. The Morgan fingerprint density at radius 3 is 2.81 bits per heavy atom. The van der Waals surface area contributed by atoms with Crippen LogP contribution in [0.1, 0.15) is 11.1 Å². The first-order valence-electron chi connectivity index (χ1n) is 5.70. The lowest BCUT2D eigenvalue weighted by Gasteiger charge is -2.12. The Balaban J connectivity index is 2.53. The van der Waals surface area contributed by atoms with E-state index in [4.69, 9.17) is 15.7 Å². The summed E-state index contributed by atoms with van der Waals surface area (Å²) in [7, 11) is 0. The van der Waals surface area contributed by atoms with Crippen molar-refractivity contribution in [2.24, 2.45) is 10.9 Å². The van der Waals surface area contributed by atoms with Gasteiger partial charge in [-0.1, -0.05) is 21.1 Å². The molecule has 0 aliphatic carbocycles. The Kier molecular flexibility index (Phi) is 4.37. The van der Waals surface area contributed by atoms with Gasteiger partial charge in [-0.15, -0.1) is 0 Å². The predicted octanol–water partition coefficient (Wildman–Crippen LogP) is 3.32. The number of aryl methyl sites for hydroxylation is 1. The number of rotatable bonds is 3. The Morgan fingerprint density at radius 1 is 1.43 bits per heavy atom. The Labute approximate surface area is 127 Å². The lowest BCUT2D eigenvalue weighted by atomic mass is 10.1. The highest BCUT2D eigenvalue weighted by molar-refractivity contribution is 9.10. The number of aromatic nitrogens is 1. The first-order valence-corrected chi connectivity index (χ1v) is 6.49. The third-order valence-corrected chi connectivity index (χ3v) is 3.11. The maximum absolute atomic E-state index is 13.7. The monoisotopic (exact) mass is 357 g/mol. The smallest absolute Gasteiger partial charge is 0.230 e. The van der Waals surface area contributed by atoms with Crippen molar-refractivity contribution >= 4 is 21.8 Å². The molecule has 1 aromatic heterocycles. The highest BCUT2D eigenvalue weighted by Crippen LogP contribution is 2.31. The third kappa shape index (κ3) is 3.10. The molecule has 21 heavy (non-hydrogen) atoms. The standard InChI is InChI=1S/C13H10BrF2N3O2/c1-6-2-3-18-13(10(6)12(17)19-20)21-9-5-7(14)4-8(15)11(9)16/h2-5,20H,1H3,(H2,17,19). The summed E-state index contributed by atoms with van der Waals surface area (Å²) in [5.41, 5.74) is 6.35. The number of pyridine rings is 1. The molecule has 2 aromatic rings. The molecule has 0 atom stereocenters. The average molecular weight is 358 g/mol. The van der Waals surface area contributed by atoms with Gasteiger partial charge in [-0.3, -0.25) is 0 Å². The second-order valence-corrected chi connectivity index (χ2v) is 5.01. The second-order valence-electron chi connectivity index (χ2n) is 4.10. The molecule has 2 rings (SSSR count). The molecule has 0 unspecified atom stereocenters. The first-order chi connectivity index (χ1) is 9.93. The number of ether oxygens (including phenoxy) is 1. The summed E-state index contributed by atoms with van der Waals surface area (Å²) in [4.78, 5) is 3.91. The van der Waals surface area contributed by atoms with Crippen LogP contribution >= 0.6 is 15.9 Å². The number of nitrogens with zero attached hydrogens (tertiary/aromatic N) is 2. The van der Waals surface area contributed by atoms with Crippen molar-refractivity contribution in [2.45, 2.75) is 6.92 Å². The van der Waals surface area contributed by atoms with E-state index < -0.39 is 11.6 Å². The van der Waals surface area contributed by atoms with E-state index in [9.17, 15) is 8.78 Å². The van der Waals surface area contributed by atoms with E-state index >= 15 is 0 Å². The van der Waals surface area contributed by atoms with Crippen LogP contribution in [-0.4, -0.2) is 16.0 Å². The van der Waals surface area contributed by atoms with Crippen molar-refractivity contribution in [2.75, 3.05) is 0 Å². The van der Waals surface area contributed by atoms with Gasteiger partial charge in [0.05, 0.1) is 5.56 Å². The molecule has 0 bridgehead atoms. The molecule has 1 heterocycles. The van der Waals surface area contributed by atoms with Crippen LogP contribution in [-0.2, 0) is 0 Å². The molecule has 3 N–H and O–H groups in total. The zero-order valence-electron chi connectivity index (χ0n) is 10.8. The van der Waals surface area contributed by atoms with E-state index in [1.165, 1.54) is 12.3 Å². The van der Waals surface area contributed by atoms with Gasteiger partial charge in [0.25, 0.3) is 0 Å². The molecule has 0 amide bonds. The minimum Gasteiger partial charge on any atom is -0.435 e. The minimum atomic E-state index is -1.16. The molecule has 8 heteroatoms. The van der Waals surface area contributed by atoms with Crippen LogP contribution in [0.15, 0.2) is 34.0 Å². The van der Waals surface area contributed by atoms with Crippen LogP contribution in [0.2, 0.25) is 0 Å². The molecular formula is C13H10BrF2N3O2. The third-order valence-electron chi connectivity index (χ3n) is 2.65. The SMILES string of the molecule is Cc1ccnc(Oc2cc(Br)cc(F)c2F)c1/C(N)=N/O. The van der Waals surface area contributed by atoms with Crippen molar-refractivity contribution in [1.29, 1.82) is 0 Å². The Morgan fingerprint density at radius 2 is 2.14 bits per heavy atom. The number of benzene rings is 1. The van der Waals surface area contributed by atoms with Gasteiger partial charge in [0.1, 0.15) is 0 Å². The quantitative estimate of drug-likeness (QED) is 0.290. The zero-order chi connectivity index (χ0) is 15.6. The summed E-state index contributed by atoms with van der Waals surface area (Å²) < 4.78 is 32.7. The Hall–Kier alpha value is -2.22. The van der Waals surface area contributed by atoms with E-state index in [0.717, 1.165) is 6.07 Å². The van der Waals surface area contributed by atoms with Gasteiger partial charge in [-0.2, -0.15) is 4.39 Å². The topological polar surface area (TPSA) is 80.7 Å². The molecule has 110 valence electrons. The van der Waals surface area contributed by atoms with Crippen LogP contribution < -0.4 is 10.5 Å². The molecule has 0 saturated heterocycles. The van der Waals surface area contributed by atoms with Gasteiger partial charge in [-0.05, 0) is 30.7 Å². The normalized spacial score (nSPS) is 11.5. The van der Waals surface area contributed by atoms with Gasteiger partial charge in [0.2, 0.25) is 11.7 Å². The largest absolute Gasteiger partial charge is 0.435 e. The lowest BCUT2D eigenvalue weighted by molar-refractivity contribution is 0.318. The van der Waals surface area contributed by atoms with Crippen LogP contribution in [0.5, 0.6) is 11.6 Å². The van der Waals surface area contributed by atoms with Gasteiger partial charge in [0.15, 0.2) is 17.4 Å². The van der Waals surface area contributed by atoms with Crippen molar-refractivity contribution in [3.05, 3.63) is 51.6 Å². The van der Waals surface area contributed by atoms with E-state index in [1.54, 1.807) is 13.0 Å². The molecule has 0 radical (unpaired) electrons. The summed E-state index contributed by atoms with van der Waals surface area (Å²) in [6, 6.07) is 3.83. The van der Waals surface area contributed by atoms with Gasteiger partial charge >= 0.3 is 0 Å². The lowest BCUT2D eigenvalue weighted by Crippen LogP contribution is -2.16. The first kappa shape index (κ1) is 15.2. The van der Waals surface area contributed by atoms with Gasteiger partial charge < -0.3 is 15.7 Å². The number of halogens is 3. The van der Waals surface area contributed by atoms with E-state index in [1.807, 2.05) is 0 Å². The van der Waals surface area contributed by atoms with Crippen molar-refractivity contribution < 1.29 is 18.7 Å². The predicted molar refractivity (Wildman–Crippen MR) is 75.6 cm³/mol. The second kappa shape index (κ2) is 6.04. The van der Waals surface area contributed by atoms with Crippen LogP contribution in [0.25, 0.3) is 0 Å². The van der Waals surface area contributed by atoms with E-state index in [-0.39, 0.29) is 23.0 Å². The summed E-state index contributed by atoms with van der Waals surface area (Å²) in [6.07, 6.45) is 1.41. The number of amidine groups is 1. The fourth-order valence-corrected chi connectivity index (χ4v) is 2.09. The minimum absolute atomic E-state index is 0.0956. The van der Waals surface area contributed by atoms with Crippen LogP contribution in [0, 0.1) is 18.6 Å². The fourth-order valence-electron chi connectivity index (χ4n) is 1.68.